The first-order valence-electron chi connectivity index (χ1n) is 9.15. The van der Waals surface area contributed by atoms with Crippen LogP contribution in [-0.2, 0) is 11.2 Å². The van der Waals surface area contributed by atoms with E-state index in [-0.39, 0.29) is 30.1 Å². The molecule has 110 valence electrons. The van der Waals surface area contributed by atoms with E-state index in [1.807, 2.05) is 0 Å². The topological polar surface area (TPSA) is 63.3 Å². The average Bonchev–Trinajstić information content (AvgIpc) is 3.08. The number of hydrogen-bond acceptors (Lipinski definition) is 3. The van der Waals surface area contributed by atoms with Crippen molar-refractivity contribution in [2.75, 3.05) is 0 Å². The largest absolute Gasteiger partial charge is 0.481 e. The van der Waals surface area contributed by atoms with Crippen molar-refractivity contribution < 1.29 is 21.2 Å². The fourth-order valence-corrected chi connectivity index (χ4v) is 2.01. The number of nitrogens with zero attached hydrogens (tertiary/aromatic N) is 1. The number of aliphatic carboxylic acids is 1. The van der Waals surface area contributed by atoms with E-state index in [2.05, 4.69) is 4.98 Å². The first kappa shape index (κ1) is 9.20. The van der Waals surface area contributed by atoms with E-state index < -0.39 is 36.2 Å². The molecule has 0 bridgehead atoms. The fraction of sp³-hybridized carbons (Fsp3) is 0.111. The van der Waals surface area contributed by atoms with E-state index in [0.717, 1.165) is 0 Å². The lowest BCUT2D eigenvalue weighted by atomic mass is 10.1. The maximum Gasteiger partial charge on any atom is 0.303 e. The molecule has 0 saturated carbocycles. The Labute approximate surface area is 135 Å². The van der Waals surface area contributed by atoms with Crippen LogP contribution in [0.1, 0.15) is 19.2 Å². The van der Waals surface area contributed by atoms with Crippen molar-refractivity contribution in [3.63, 3.8) is 0 Å². The highest BCUT2D eigenvalue weighted by molar-refractivity contribution is 5.76. The molecule has 0 amide bonds. The highest BCUT2D eigenvalue weighted by Gasteiger charge is 2.17. The van der Waals surface area contributed by atoms with Crippen LogP contribution in [0.15, 0.2) is 65.0 Å². The zero-order valence-electron chi connectivity index (χ0n) is 16.5. The molecule has 0 aliphatic heterocycles. The molecular formula is C18H15NO3. The van der Waals surface area contributed by atoms with Gasteiger partial charge in [-0.25, -0.2) is 4.98 Å². The number of aryl methyl sites for hydroxylation is 1. The number of carboxylic acids is 1. The molecule has 0 aliphatic carbocycles. The summed E-state index contributed by atoms with van der Waals surface area (Å²) in [5.74, 6) is -0.865. The van der Waals surface area contributed by atoms with Gasteiger partial charge < -0.3 is 9.52 Å². The monoisotopic (exact) mass is 298 g/mol. The van der Waals surface area contributed by atoms with Gasteiger partial charge in [0.1, 0.15) is 5.69 Å². The molecule has 0 radical (unpaired) electrons. The molecular weight excluding hydrogens is 278 g/mol. The van der Waals surface area contributed by atoms with Gasteiger partial charge in [-0.3, -0.25) is 4.79 Å². The van der Waals surface area contributed by atoms with E-state index in [0.29, 0.717) is 11.3 Å². The van der Waals surface area contributed by atoms with Crippen LogP contribution in [0.25, 0.3) is 22.6 Å². The van der Waals surface area contributed by atoms with E-state index in [9.17, 15) is 4.79 Å². The minimum absolute atomic E-state index is 0.0217. The first-order chi connectivity index (χ1) is 12.8. The van der Waals surface area contributed by atoms with Crippen LogP contribution >= 0.6 is 0 Å². The van der Waals surface area contributed by atoms with Crippen molar-refractivity contribution in [2.24, 2.45) is 0 Å². The summed E-state index contributed by atoms with van der Waals surface area (Å²) in [7, 11) is 0. The Morgan fingerprint density at radius 2 is 1.86 bits per heavy atom. The third-order valence-corrected chi connectivity index (χ3v) is 3.00. The highest BCUT2D eigenvalue weighted by Crippen LogP contribution is 2.32. The van der Waals surface area contributed by atoms with Crippen LogP contribution < -0.4 is 0 Å². The second-order valence-electron chi connectivity index (χ2n) is 4.55. The maximum atomic E-state index is 10.8. The molecule has 1 aromatic heterocycles. The fourth-order valence-electron chi connectivity index (χ4n) is 2.01. The van der Waals surface area contributed by atoms with Gasteiger partial charge in [0.05, 0.1) is 13.3 Å². The molecule has 3 rings (SSSR count). The van der Waals surface area contributed by atoms with Gasteiger partial charge in [-0.1, -0.05) is 60.5 Å². The Morgan fingerprint density at radius 3 is 2.55 bits per heavy atom. The van der Waals surface area contributed by atoms with Gasteiger partial charge in [-0.2, -0.15) is 0 Å². The normalized spacial score (nSPS) is 13.7. The molecule has 0 spiro atoms. The number of benzene rings is 2. The number of carbonyl (C=O) groups is 1. The summed E-state index contributed by atoms with van der Waals surface area (Å²) in [4.78, 5) is 15.2. The van der Waals surface area contributed by atoms with Crippen molar-refractivity contribution >= 4 is 5.97 Å². The van der Waals surface area contributed by atoms with Crippen molar-refractivity contribution in [3.05, 3.63) is 66.4 Å². The summed E-state index contributed by atoms with van der Waals surface area (Å²) in [6.45, 7) is 0. The number of aromatic nitrogens is 1. The number of carboxylic acid groups (broad SMARTS) is 1. The lowest BCUT2D eigenvalue weighted by molar-refractivity contribution is -0.137. The van der Waals surface area contributed by atoms with Crippen LogP contribution in [0.2, 0.25) is 0 Å². The minimum atomic E-state index is -1.01. The Bertz CT molecular complexity index is 989. The van der Waals surface area contributed by atoms with E-state index in [4.69, 9.17) is 16.4 Å². The SMILES string of the molecule is [2H]c1c([2H])c([2H])c(-c2oc(CCC(=O)O)nc2-c2ccccc2)c([2H])c1[2H]. The van der Waals surface area contributed by atoms with E-state index in [1.165, 1.54) is 0 Å². The Balaban J connectivity index is 2.25. The van der Waals surface area contributed by atoms with E-state index in [1.54, 1.807) is 30.3 Å². The maximum absolute atomic E-state index is 10.8. The summed E-state index contributed by atoms with van der Waals surface area (Å²) >= 11 is 0. The summed E-state index contributed by atoms with van der Waals surface area (Å²) in [5.41, 5.74) is 0.827. The number of hydrogen-bond donors (Lipinski definition) is 1. The number of oxazole rings is 1. The smallest absolute Gasteiger partial charge is 0.303 e. The summed E-state index contributed by atoms with van der Waals surface area (Å²) < 4.78 is 45.4. The molecule has 1 heterocycles. The standard InChI is InChI=1S/C18H15NO3/c20-16(21)12-11-15-19-17(13-7-3-1-4-8-13)18(22-15)14-9-5-2-6-10-14/h1-10H,11-12H2,(H,20,21)/i2D,5D,6D,9D,10D. The molecule has 0 aliphatic rings. The predicted molar refractivity (Wildman–Crippen MR) is 83.3 cm³/mol. The third kappa shape index (κ3) is 3.06. The van der Waals surface area contributed by atoms with Crippen molar-refractivity contribution in [3.8, 4) is 22.6 Å². The van der Waals surface area contributed by atoms with Crippen LogP contribution in [0, 0.1) is 0 Å². The lowest BCUT2D eigenvalue weighted by Crippen LogP contribution is -1.97. The predicted octanol–water partition coefficient (Wildman–Crippen LogP) is 4.03. The summed E-state index contributed by atoms with van der Waals surface area (Å²) in [5, 5.41) is 8.88. The molecule has 4 nitrogen and oxygen atoms in total. The summed E-state index contributed by atoms with van der Waals surface area (Å²) in [6.07, 6.45) is -0.178. The molecule has 0 atom stereocenters. The molecule has 22 heavy (non-hydrogen) atoms. The van der Waals surface area contributed by atoms with Gasteiger partial charge in [0.15, 0.2) is 11.7 Å². The van der Waals surface area contributed by atoms with Crippen molar-refractivity contribution in [1.29, 1.82) is 0 Å². The molecule has 0 fully saturated rings. The van der Waals surface area contributed by atoms with Crippen molar-refractivity contribution in [2.45, 2.75) is 12.8 Å². The van der Waals surface area contributed by atoms with Crippen LogP contribution in [-0.4, -0.2) is 16.1 Å². The molecule has 1 N–H and O–H groups in total. The molecule has 4 heteroatoms. The lowest BCUT2D eigenvalue weighted by Gasteiger charge is -2.00. The Morgan fingerprint density at radius 1 is 1.14 bits per heavy atom. The molecule has 0 saturated heterocycles. The van der Waals surface area contributed by atoms with Crippen LogP contribution in [0.4, 0.5) is 0 Å². The highest BCUT2D eigenvalue weighted by atomic mass is 16.4. The minimum Gasteiger partial charge on any atom is -0.481 e. The van der Waals surface area contributed by atoms with E-state index >= 15 is 0 Å². The van der Waals surface area contributed by atoms with Gasteiger partial charge in [0, 0.05) is 17.5 Å². The van der Waals surface area contributed by atoms with Gasteiger partial charge in [0.25, 0.3) is 0 Å². The van der Waals surface area contributed by atoms with Crippen LogP contribution in [0.3, 0.4) is 0 Å². The zero-order chi connectivity index (χ0) is 19.7. The molecule has 2 aromatic carbocycles. The van der Waals surface area contributed by atoms with Crippen molar-refractivity contribution in [1.82, 2.24) is 4.98 Å². The quantitative estimate of drug-likeness (QED) is 0.772. The molecule has 3 aromatic rings. The first-order valence-corrected chi connectivity index (χ1v) is 6.65. The van der Waals surface area contributed by atoms with Crippen LogP contribution in [0.5, 0.6) is 0 Å². The second kappa shape index (κ2) is 6.26. The van der Waals surface area contributed by atoms with Gasteiger partial charge in [0.2, 0.25) is 0 Å². The average molecular weight is 298 g/mol. The Kier molecular flexibility index (Phi) is 2.62. The third-order valence-electron chi connectivity index (χ3n) is 3.00. The van der Waals surface area contributed by atoms with Gasteiger partial charge in [-0.05, 0) is 0 Å². The van der Waals surface area contributed by atoms with Gasteiger partial charge >= 0.3 is 5.97 Å². The zero-order valence-corrected chi connectivity index (χ0v) is 11.5. The molecule has 0 unspecified atom stereocenters. The van der Waals surface area contributed by atoms with Gasteiger partial charge in [-0.15, -0.1) is 0 Å². The second-order valence-corrected chi connectivity index (χ2v) is 4.55. The summed E-state index contributed by atoms with van der Waals surface area (Å²) in [6, 6.07) is 6.58. The number of rotatable bonds is 5. The Hall–Kier alpha value is -2.88.